The summed E-state index contributed by atoms with van der Waals surface area (Å²) in [6.07, 6.45) is 0. The molecule has 136 valence electrons. The Kier molecular flexibility index (Phi) is 6.11. The van der Waals surface area contributed by atoms with Crippen LogP contribution in [0, 0.1) is 13.8 Å². The van der Waals surface area contributed by atoms with E-state index < -0.39 is 0 Å². The molecule has 3 rings (SSSR count). The van der Waals surface area contributed by atoms with Gasteiger partial charge in [0.2, 0.25) is 5.91 Å². The molecule has 0 saturated heterocycles. The number of hydrogen-bond donors (Lipinski definition) is 2. The normalized spacial score (nSPS) is 10.9. The third-order valence-corrected chi connectivity index (χ3v) is 6.09. The summed E-state index contributed by atoms with van der Waals surface area (Å²) >= 11 is 3.43. The highest BCUT2D eigenvalue weighted by Gasteiger charge is 2.14. The van der Waals surface area contributed by atoms with E-state index in [2.05, 4.69) is 36.6 Å². The smallest absolute Gasteiger partial charge is 0.216 e. The van der Waals surface area contributed by atoms with Crippen molar-refractivity contribution in [3.63, 3.8) is 0 Å². The number of carbonyl (C=O) groups is 1. The molecular formula is C19H22N4OS2. The summed E-state index contributed by atoms with van der Waals surface area (Å²) in [4.78, 5) is 24.0. The third kappa shape index (κ3) is 4.53. The number of fused-ring (bicyclic) bond motifs is 1. The predicted octanol–water partition coefficient (Wildman–Crippen LogP) is 4.15. The molecular weight excluding hydrogens is 364 g/mol. The van der Waals surface area contributed by atoms with Gasteiger partial charge >= 0.3 is 0 Å². The third-order valence-electron chi connectivity index (χ3n) is 3.98. The van der Waals surface area contributed by atoms with Crippen LogP contribution in [0.3, 0.4) is 0 Å². The van der Waals surface area contributed by atoms with Crippen LogP contribution in [-0.4, -0.2) is 29.0 Å². The summed E-state index contributed by atoms with van der Waals surface area (Å²) in [5.74, 6) is 2.36. The maximum Gasteiger partial charge on any atom is 0.216 e. The molecule has 26 heavy (non-hydrogen) atoms. The van der Waals surface area contributed by atoms with Crippen molar-refractivity contribution < 1.29 is 4.79 Å². The monoisotopic (exact) mass is 386 g/mol. The second-order valence-corrected chi connectivity index (χ2v) is 8.22. The van der Waals surface area contributed by atoms with Crippen molar-refractivity contribution in [3.05, 3.63) is 46.6 Å². The van der Waals surface area contributed by atoms with Crippen molar-refractivity contribution >= 4 is 45.0 Å². The Balaban J connectivity index is 1.81. The zero-order chi connectivity index (χ0) is 18.5. The van der Waals surface area contributed by atoms with Gasteiger partial charge in [0.15, 0.2) is 0 Å². The molecule has 2 N–H and O–H groups in total. The molecule has 3 aromatic rings. The molecule has 0 fully saturated rings. The SMILES string of the molecule is CC(=O)NCCNc1nc(CSc2ccccc2)nc2sc(C)c(C)c12. The molecule has 0 aliphatic carbocycles. The van der Waals surface area contributed by atoms with Crippen LogP contribution in [0.5, 0.6) is 0 Å². The molecule has 0 bridgehead atoms. The van der Waals surface area contributed by atoms with E-state index in [0.717, 1.165) is 27.6 Å². The number of anilines is 1. The lowest BCUT2D eigenvalue weighted by Crippen LogP contribution is -2.26. The highest BCUT2D eigenvalue weighted by Crippen LogP contribution is 2.34. The molecule has 2 heterocycles. The number of thioether (sulfide) groups is 1. The summed E-state index contributed by atoms with van der Waals surface area (Å²) in [7, 11) is 0. The lowest BCUT2D eigenvalue weighted by molar-refractivity contribution is -0.118. The Morgan fingerprint density at radius 3 is 2.65 bits per heavy atom. The Morgan fingerprint density at radius 2 is 1.92 bits per heavy atom. The van der Waals surface area contributed by atoms with Crippen molar-refractivity contribution in [3.8, 4) is 0 Å². The van der Waals surface area contributed by atoms with Gasteiger partial charge < -0.3 is 10.6 Å². The van der Waals surface area contributed by atoms with Crippen molar-refractivity contribution in [2.24, 2.45) is 0 Å². The van der Waals surface area contributed by atoms with Crippen molar-refractivity contribution in [2.75, 3.05) is 18.4 Å². The van der Waals surface area contributed by atoms with Crippen LogP contribution >= 0.6 is 23.1 Å². The van der Waals surface area contributed by atoms with Crippen LogP contribution in [-0.2, 0) is 10.5 Å². The predicted molar refractivity (Wildman–Crippen MR) is 110 cm³/mol. The maximum absolute atomic E-state index is 11.0. The number of benzene rings is 1. The van der Waals surface area contributed by atoms with Crippen LogP contribution < -0.4 is 10.6 Å². The first-order valence-corrected chi connectivity index (χ1v) is 10.3. The number of amides is 1. The molecule has 2 aromatic heterocycles. The van der Waals surface area contributed by atoms with E-state index in [-0.39, 0.29) is 5.91 Å². The molecule has 1 aromatic carbocycles. The second-order valence-electron chi connectivity index (χ2n) is 5.96. The first kappa shape index (κ1) is 18.7. The highest BCUT2D eigenvalue weighted by molar-refractivity contribution is 7.98. The van der Waals surface area contributed by atoms with E-state index in [1.54, 1.807) is 23.1 Å². The number of nitrogens with one attached hydrogen (secondary N) is 2. The van der Waals surface area contributed by atoms with E-state index in [1.165, 1.54) is 22.3 Å². The summed E-state index contributed by atoms with van der Waals surface area (Å²) in [5, 5.41) is 7.25. The van der Waals surface area contributed by atoms with Gasteiger partial charge in [-0.1, -0.05) is 18.2 Å². The van der Waals surface area contributed by atoms with Crippen LogP contribution in [0.15, 0.2) is 35.2 Å². The van der Waals surface area contributed by atoms with Crippen LogP contribution in [0.2, 0.25) is 0 Å². The Labute approximate surface area is 161 Å². The van der Waals surface area contributed by atoms with Gasteiger partial charge in [0.25, 0.3) is 0 Å². The molecule has 0 spiro atoms. The van der Waals surface area contributed by atoms with Crippen molar-refractivity contribution in [1.82, 2.24) is 15.3 Å². The molecule has 0 aliphatic heterocycles. The minimum absolute atomic E-state index is 0.0258. The summed E-state index contributed by atoms with van der Waals surface area (Å²) in [6, 6.07) is 10.3. The fourth-order valence-electron chi connectivity index (χ4n) is 2.57. The molecule has 0 unspecified atom stereocenters. The van der Waals surface area contributed by atoms with Gasteiger partial charge in [0, 0.05) is 29.8 Å². The number of carbonyl (C=O) groups excluding carboxylic acids is 1. The van der Waals surface area contributed by atoms with Gasteiger partial charge in [-0.25, -0.2) is 9.97 Å². The second kappa shape index (κ2) is 8.51. The topological polar surface area (TPSA) is 66.9 Å². The Bertz CT molecular complexity index is 909. The van der Waals surface area contributed by atoms with Gasteiger partial charge in [0.1, 0.15) is 16.5 Å². The van der Waals surface area contributed by atoms with Gasteiger partial charge in [-0.05, 0) is 31.5 Å². The zero-order valence-corrected chi connectivity index (χ0v) is 16.8. The Morgan fingerprint density at radius 1 is 1.15 bits per heavy atom. The number of aryl methyl sites for hydroxylation is 2. The molecule has 5 nitrogen and oxygen atoms in total. The van der Waals surface area contributed by atoms with Crippen LogP contribution in [0.1, 0.15) is 23.2 Å². The maximum atomic E-state index is 11.0. The minimum Gasteiger partial charge on any atom is -0.368 e. The fourth-order valence-corrected chi connectivity index (χ4v) is 4.39. The summed E-state index contributed by atoms with van der Waals surface area (Å²) in [5.41, 5.74) is 1.22. The largest absolute Gasteiger partial charge is 0.368 e. The standard InChI is InChI=1S/C19H22N4OS2/c1-12-13(2)26-19-17(12)18(21-10-9-20-14(3)24)22-16(23-19)11-25-15-7-5-4-6-8-15/h4-8H,9-11H2,1-3H3,(H,20,24)(H,21,22,23). The zero-order valence-electron chi connectivity index (χ0n) is 15.1. The van der Waals surface area contributed by atoms with Crippen LogP contribution in [0.25, 0.3) is 10.2 Å². The molecule has 0 aliphatic rings. The van der Waals surface area contributed by atoms with E-state index in [0.29, 0.717) is 13.1 Å². The quantitative estimate of drug-likeness (QED) is 0.472. The lowest BCUT2D eigenvalue weighted by atomic mass is 10.2. The average Bonchev–Trinajstić information content (AvgIpc) is 2.92. The van der Waals surface area contributed by atoms with E-state index in [4.69, 9.17) is 9.97 Å². The molecule has 0 radical (unpaired) electrons. The van der Waals surface area contributed by atoms with Crippen molar-refractivity contribution in [1.29, 1.82) is 0 Å². The van der Waals surface area contributed by atoms with Gasteiger partial charge in [-0.15, -0.1) is 23.1 Å². The number of hydrogen-bond acceptors (Lipinski definition) is 6. The van der Waals surface area contributed by atoms with Crippen LogP contribution in [0.4, 0.5) is 5.82 Å². The highest BCUT2D eigenvalue weighted by atomic mass is 32.2. The van der Waals surface area contributed by atoms with E-state index in [9.17, 15) is 4.79 Å². The first-order valence-electron chi connectivity index (χ1n) is 8.47. The number of aromatic nitrogens is 2. The minimum atomic E-state index is -0.0258. The summed E-state index contributed by atoms with van der Waals surface area (Å²) in [6.45, 7) is 6.94. The molecule has 0 saturated carbocycles. The van der Waals surface area contributed by atoms with Gasteiger partial charge in [-0.3, -0.25) is 4.79 Å². The molecule has 7 heteroatoms. The van der Waals surface area contributed by atoms with E-state index >= 15 is 0 Å². The fraction of sp³-hybridized carbons (Fsp3) is 0.316. The average molecular weight is 387 g/mol. The van der Waals surface area contributed by atoms with Crippen molar-refractivity contribution in [2.45, 2.75) is 31.4 Å². The Hall–Kier alpha value is -2.12. The van der Waals surface area contributed by atoms with Gasteiger partial charge in [0.05, 0.1) is 11.1 Å². The lowest BCUT2D eigenvalue weighted by Gasteiger charge is -2.10. The molecule has 0 atom stereocenters. The number of rotatable bonds is 7. The first-order chi connectivity index (χ1) is 12.5. The van der Waals surface area contributed by atoms with Gasteiger partial charge in [-0.2, -0.15) is 0 Å². The summed E-state index contributed by atoms with van der Waals surface area (Å²) < 4.78 is 0. The number of thiophene rings is 1. The number of nitrogens with zero attached hydrogens (tertiary/aromatic N) is 2. The molecule has 1 amide bonds. The van der Waals surface area contributed by atoms with E-state index in [1.807, 2.05) is 18.2 Å².